The zero-order chi connectivity index (χ0) is 27.4. The second-order valence-electron chi connectivity index (χ2n) is 9.14. The Kier molecular flexibility index (Phi) is 7.41. The number of pyridine rings is 1. The molecule has 7 nitrogen and oxygen atoms in total. The van der Waals surface area contributed by atoms with Crippen LogP contribution < -0.4 is 14.4 Å². The lowest BCUT2D eigenvalue weighted by molar-refractivity contribution is -0.132. The molecule has 1 aliphatic rings. The molecule has 4 aromatic rings. The van der Waals surface area contributed by atoms with Gasteiger partial charge in [0.2, 0.25) is 0 Å². The Hall–Kier alpha value is -4.91. The fourth-order valence-corrected chi connectivity index (χ4v) is 4.67. The van der Waals surface area contributed by atoms with Crippen LogP contribution in [0.5, 0.6) is 11.5 Å². The molecule has 1 saturated heterocycles. The summed E-state index contributed by atoms with van der Waals surface area (Å²) in [5.74, 6) is -0.433. The van der Waals surface area contributed by atoms with E-state index in [0.717, 1.165) is 11.1 Å². The third kappa shape index (κ3) is 5.25. The minimum absolute atomic E-state index is 0.000893. The number of aliphatic hydroxyl groups is 1. The number of aliphatic hydroxyl groups excluding tert-OH is 1. The molecule has 0 radical (unpaired) electrons. The Balaban J connectivity index is 1.51. The van der Waals surface area contributed by atoms with Crippen molar-refractivity contribution < 1.29 is 24.2 Å². The molecular weight excluding hydrogens is 492 g/mol. The first-order valence-electron chi connectivity index (χ1n) is 12.7. The van der Waals surface area contributed by atoms with Crippen LogP contribution in [0.4, 0.5) is 5.69 Å². The summed E-state index contributed by atoms with van der Waals surface area (Å²) in [6.45, 7) is 4.67. The molecule has 3 aromatic carbocycles. The van der Waals surface area contributed by atoms with Crippen LogP contribution in [0.1, 0.15) is 35.2 Å². The van der Waals surface area contributed by atoms with Gasteiger partial charge in [-0.15, -0.1) is 0 Å². The monoisotopic (exact) mass is 520 g/mol. The lowest BCUT2D eigenvalue weighted by Crippen LogP contribution is -2.29. The highest BCUT2D eigenvalue weighted by atomic mass is 16.5. The number of carbonyl (C=O) groups is 2. The van der Waals surface area contributed by atoms with E-state index in [1.54, 1.807) is 67.0 Å². The van der Waals surface area contributed by atoms with Crippen molar-refractivity contribution in [3.8, 4) is 11.5 Å². The van der Waals surface area contributed by atoms with Crippen molar-refractivity contribution in [2.75, 3.05) is 11.5 Å². The smallest absolute Gasteiger partial charge is 0.300 e. The van der Waals surface area contributed by atoms with E-state index in [1.807, 2.05) is 44.2 Å². The average Bonchev–Trinajstić information content (AvgIpc) is 3.24. The maximum atomic E-state index is 13.4. The first kappa shape index (κ1) is 25.7. The zero-order valence-corrected chi connectivity index (χ0v) is 21.7. The molecule has 5 rings (SSSR count). The van der Waals surface area contributed by atoms with Gasteiger partial charge in [0, 0.05) is 23.6 Å². The molecule has 0 aliphatic carbocycles. The number of aromatic nitrogens is 1. The summed E-state index contributed by atoms with van der Waals surface area (Å²) >= 11 is 0. The first-order valence-corrected chi connectivity index (χ1v) is 12.7. The van der Waals surface area contributed by atoms with E-state index in [4.69, 9.17) is 9.47 Å². The quantitative estimate of drug-likeness (QED) is 0.174. The Morgan fingerprint density at radius 2 is 1.72 bits per heavy atom. The number of benzene rings is 3. The Morgan fingerprint density at radius 1 is 0.949 bits per heavy atom. The van der Waals surface area contributed by atoms with Gasteiger partial charge in [0.1, 0.15) is 23.9 Å². The number of Topliss-reactive ketones (excluding diaryl/α,β-unsaturated/α-hetero) is 1. The predicted octanol–water partition coefficient (Wildman–Crippen LogP) is 5.99. The van der Waals surface area contributed by atoms with E-state index in [-0.39, 0.29) is 11.3 Å². The summed E-state index contributed by atoms with van der Waals surface area (Å²) < 4.78 is 11.5. The van der Waals surface area contributed by atoms with Crippen LogP contribution in [0.25, 0.3) is 5.76 Å². The van der Waals surface area contributed by atoms with Crippen LogP contribution in [0.15, 0.2) is 103 Å². The Labute approximate surface area is 227 Å². The molecule has 1 unspecified atom stereocenters. The number of aryl methyl sites for hydroxylation is 1. The van der Waals surface area contributed by atoms with Crippen LogP contribution >= 0.6 is 0 Å². The number of amides is 1. The maximum absolute atomic E-state index is 13.4. The number of anilines is 1. The summed E-state index contributed by atoms with van der Waals surface area (Å²) in [7, 11) is 0. The number of ether oxygens (including phenoxy) is 2. The molecule has 1 aromatic heterocycles. The van der Waals surface area contributed by atoms with Crippen LogP contribution in [-0.2, 0) is 16.2 Å². The van der Waals surface area contributed by atoms with Crippen LogP contribution in [0.2, 0.25) is 0 Å². The van der Waals surface area contributed by atoms with Gasteiger partial charge in [-0.2, -0.15) is 0 Å². The van der Waals surface area contributed by atoms with Crippen molar-refractivity contribution >= 4 is 23.1 Å². The van der Waals surface area contributed by atoms with Crippen molar-refractivity contribution in [3.05, 3.63) is 125 Å². The molecule has 2 heterocycles. The normalized spacial score (nSPS) is 16.4. The molecule has 1 aliphatic heterocycles. The standard InChI is InChI=1S/C32H28N2O5/c1-3-38-27-16-11-23(18-21(27)2)30(35)28-29(24-10-7-17-33-19-24)34(32(37)31(28)36)25-12-14-26(15-13-25)39-20-22-8-5-4-6-9-22/h4-19,29,35H,3,20H2,1-2H3/b30-28-. The number of rotatable bonds is 8. The summed E-state index contributed by atoms with van der Waals surface area (Å²) in [5, 5.41) is 11.4. The van der Waals surface area contributed by atoms with Crippen molar-refractivity contribution in [1.82, 2.24) is 4.98 Å². The molecule has 39 heavy (non-hydrogen) atoms. The molecule has 7 heteroatoms. The zero-order valence-electron chi connectivity index (χ0n) is 21.7. The number of ketones is 1. The fourth-order valence-electron chi connectivity index (χ4n) is 4.67. The summed E-state index contributed by atoms with van der Waals surface area (Å²) in [4.78, 5) is 32.4. The van der Waals surface area contributed by atoms with E-state index in [2.05, 4.69) is 4.98 Å². The molecule has 1 atom stereocenters. The molecule has 1 N–H and O–H groups in total. The van der Waals surface area contributed by atoms with Crippen LogP contribution in [0, 0.1) is 6.92 Å². The predicted molar refractivity (Wildman–Crippen MR) is 149 cm³/mol. The van der Waals surface area contributed by atoms with E-state index in [1.165, 1.54) is 4.90 Å². The lowest BCUT2D eigenvalue weighted by Gasteiger charge is -2.25. The van der Waals surface area contributed by atoms with Crippen LogP contribution in [0.3, 0.4) is 0 Å². The highest BCUT2D eigenvalue weighted by molar-refractivity contribution is 6.51. The summed E-state index contributed by atoms with van der Waals surface area (Å²) in [6.07, 6.45) is 3.21. The minimum Gasteiger partial charge on any atom is -0.507 e. The molecule has 0 spiro atoms. The highest BCUT2D eigenvalue weighted by Gasteiger charge is 2.47. The van der Waals surface area contributed by atoms with Gasteiger partial charge in [-0.1, -0.05) is 36.4 Å². The van der Waals surface area contributed by atoms with E-state index < -0.39 is 17.7 Å². The van der Waals surface area contributed by atoms with E-state index >= 15 is 0 Å². The van der Waals surface area contributed by atoms with Gasteiger partial charge in [0.25, 0.3) is 11.7 Å². The number of hydrogen-bond donors (Lipinski definition) is 1. The third-order valence-corrected chi connectivity index (χ3v) is 6.56. The maximum Gasteiger partial charge on any atom is 0.300 e. The van der Waals surface area contributed by atoms with Gasteiger partial charge in [-0.3, -0.25) is 19.5 Å². The SMILES string of the molecule is CCOc1ccc(/C(O)=C2/C(=O)C(=O)N(c3ccc(OCc4ccccc4)cc3)C2c2cccnc2)cc1C. The second kappa shape index (κ2) is 11.2. The van der Waals surface area contributed by atoms with Crippen molar-refractivity contribution in [3.63, 3.8) is 0 Å². The topological polar surface area (TPSA) is 89.0 Å². The third-order valence-electron chi connectivity index (χ3n) is 6.56. The van der Waals surface area contributed by atoms with Gasteiger partial charge in [0.05, 0.1) is 18.2 Å². The van der Waals surface area contributed by atoms with Gasteiger partial charge in [-0.05, 0) is 79.1 Å². The number of nitrogens with zero attached hydrogens (tertiary/aromatic N) is 2. The lowest BCUT2D eigenvalue weighted by atomic mass is 9.95. The highest BCUT2D eigenvalue weighted by Crippen LogP contribution is 2.42. The average molecular weight is 521 g/mol. The van der Waals surface area contributed by atoms with Gasteiger partial charge in [0.15, 0.2) is 0 Å². The fraction of sp³-hybridized carbons (Fsp3) is 0.156. The van der Waals surface area contributed by atoms with E-state index in [0.29, 0.717) is 41.5 Å². The molecule has 1 fully saturated rings. The molecule has 0 saturated carbocycles. The Morgan fingerprint density at radius 3 is 2.38 bits per heavy atom. The van der Waals surface area contributed by atoms with Gasteiger partial charge >= 0.3 is 0 Å². The Bertz CT molecular complexity index is 1520. The van der Waals surface area contributed by atoms with Crippen molar-refractivity contribution in [2.24, 2.45) is 0 Å². The summed E-state index contributed by atoms with van der Waals surface area (Å²) in [5.41, 5.74) is 3.37. The largest absolute Gasteiger partial charge is 0.507 e. The molecule has 1 amide bonds. The van der Waals surface area contributed by atoms with Gasteiger partial charge < -0.3 is 14.6 Å². The summed E-state index contributed by atoms with van der Waals surface area (Å²) in [6, 6.07) is 24.6. The molecule has 0 bridgehead atoms. The van der Waals surface area contributed by atoms with Crippen molar-refractivity contribution in [2.45, 2.75) is 26.5 Å². The van der Waals surface area contributed by atoms with E-state index in [9.17, 15) is 14.7 Å². The second-order valence-corrected chi connectivity index (χ2v) is 9.14. The minimum atomic E-state index is -0.860. The number of carbonyl (C=O) groups excluding carboxylic acids is 2. The number of hydrogen-bond acceptors (Lipinski definition) is 6. The van der Waals surface area contributed by atoms with Crippen LogP contribution in [-0.4, -0.2) is 28.4 Å². The first-order chi connectivity index (χ1) is 19.0. The van der Waals surface area contributed by atoms with Crippen molar-refractivity contribution in [1.29, 1.82) is 0 Å². The molecular formula is C32H28N2O5. The van der Waals surface area contributed by atoms with Gasteiger partial charge in [-0.25, -0.2) is 0 Å². The molecule has 196 valence electrons.